The van der Waals surface area contributed by atoms with Gasteiger partial charge in [0.25, 0.3) is 0 Å². The van der Waals surface area contributed by atoms with Gasteiger partial charge in [0.2, 0.25) is 0 Å². The molecule has 0 spiro atoms. The van der Waals surface area contributed by atoms with Gasteiger partial charge in [-0.2, -0.15) is 5.10 Å². The van der Waals surface area contributed by atoms with E-state index in [1.807, 2.05) is 11.7 Å². The molecule has 0 saturated carbocycles. The first kappa shape index (κ1) is 13.0. The quantitative estimate of drug-likeness (QED) is 0.748. The maximum Gasteiger partial charge on any atom is 0.0702 e. The number of rotatable bonds is 6. The molecular formula is C13H23N3. The van der Waals surface area contributed by atoms with Gasteiger partial charge in [0.15, 0.2) is 0 Å². The summed E-state index contributed by atoms with van der Waals surface area (Å²) in [6.07, 6.45) is 2.10. The van der Waals surface area contributed by atoms with Crippen molar-refractivity contribution in [1.29, 1.82) is 0 Å². The van der Waals surface area contributed by atoms with E-state index < -0.39 is 0 Å². The van der Waals surface area contributed by atoms with Crippen LogP contribution in [-0.2, 0) is 13.5 Å². The van der Waals surface area contributed by atoms with Gasteiger partial charge in [0, 0.05) is 7.05 Å². The Bertz CT molecular complexity index is 352. The maximum atomic E-state index is 4.48. The van der Waals surface area contributed by atoms with Crippen LogP contribution in [0.2, 0.25) is 0 Å². The van der Waals surface area contributed by atoms with E-state index in [1.165, 1.54) is 5.69 Å². The first-order valence-corrected chi connectivity index (χ1v) is 6.01. The normalized spacial score (nSPS) is 12.8. The van der Waals surface area contributed by atoms with Crippen LogP contribution in [0, 0.1) is 0 Å². The molecule has 0 amide bonds. The Hall–Kier alpha value is -1.09. The van der Waals surface area contributed by atoms with Crippen molar-refractivity contribution in [3.63, 3.8) is 0 Å². The van der Waals surface area contributed by atoms with Gasteiger partial charge in [-0.25, -0.2) is 0 Å². The first-order valence-electron chi connectivity index (χ1n) is 6.01. The van der Waals surface area contributed by atoms with E-state index in [1.54, 1.807) is 0 Å². The molecule has 16 heavy (non-hydrogen) atoms. The van der Waals surface area contributed by atoms with E-state index in [9.17, 15) is 0 Å². The molecule has 0 saturated heterocycles. The molecule has 1 atom stereocenters. The summed E-state index contributed by atoms with van der Waals surface area (Å²) in [6.45, 7) is 11.4. The summed E-state index contributed by atoms with van der Waals surface area (Å²) in [7, 11) is 2.00. The van der Waals surface area contributed by atoms with E-state index in [0.717, 1.165) is 30.7 Å². The van der Waals surface area contributed by atoms with Crippen LogP contribution in [-0.4, -0.2) is 16.3 Å². The zero-order chi connectivity index (χ0) is 12.1. The van der Waals surface area contributed by atoms with Crippen molar-refractivity contribution in [3.05, 3.63) is 29.6 Å². The Kier molecular flexibility index (Phi) is 4.74. The van der Waals surface area contributed by atoms with Crippen LogP contribution in [0.15, 0.2) is 18.2 Å². The fraction of sp³-hybridized carbons (Fsp3) is 0.615. The Morgan fingerprint density at radius 3 is 2.69 bits per heavy atom. The second-order valence-corrected chi connectivity index (χ2v) is 4.27. The van der Waals surface area contributed by atoms with E-state index in [2.05, 4.69) is 43.8 Å². The standard InChI is InChI=1S/C13H23N3/c1-6-8-14-13(10(3)4)12-9-11(7-2)15-16(12)5/h9,13-14H,3,6-8H2,1-2,4-5H3. The van der Waals surface area contributed by atoms with E-state index in [-0.39, 0.29) is 6.04 Å². The summed E-state index contributed by atoms with van der Waals surface area (Å²) in [4.78, 5) is 0. The Balaban J connectivity index is 2.91. The highest BCUT2D eigenvalue weighted by atomic mass is 15.3. The van der Waals surface area contributed by atoms with Gasteiger partial charge >= 0.3 is 0 Å². The topological polar surface area (TPSA) is 29.9 Å². The van der Waals surface area contributed by atoms with Crippen molar-refractivity contribution in [2.75, 3.05) is 6.54 Å². The zero-order valence-corrected chi connectivity index (χ0v) is 10.9. The monoisotopic (exact) mass is 221 g/mol. The molecular weight excluding hydrogens is 198 g/mol. The third-order valence-corrected chi connectivity index (χ3v) is 2.72. The van der Waals surface area contributed by atoms with Gasteiger partial charge in [-0.15, -0.1) is 0 Å². The number of nitrogens with one attached hydrogen (secondary N) is 1. The van der Waals surface area contributed by atoms with Crippen LogP contribution in [0.1, 0.15) is 44.6 Å². The fourth-order valence-electron chi connectivity index (χ4n) is 1.81. The minimum absolute atomic E-state index is 0.220. The highest BCUT2D eigenvalue weighted by Crippen LogP contribution is 2.20. The minimum atomic E-state index is 0.220. The van der Waals surface area contributed by atoms with Gasteiger partial charge in [0.05, 0.1) is 17.4 Å². The second-order valence-electron chi connectivity index (χ2n) is 4.27. The van der Waals surface area contributed by atoms with Crippen molar-refractivity contribution in [2.45, 2.75) is 39.7 Å². The molecule has 0 fully saturated rings. The van der Waals surface area contributed by atoms with E-state index in [4.69, 9.17) is 0 Å². The Morgan fingerprint density at radius 2 is 2.25 bits per heavy atom. The molecule has 1 heterocycles. The van der Waals surface area contributed by atoms with Crippen LogP contribution in [0.4, 0.5) is 0 Å². The zero-order valence-electron chi connectivity index (χ0n) is 10.9. The molecule has 1 N–H and O–H groups in total. The second kappa shape index (κ2) is 5.85. The molecule has 3 heteroatoms. The van der Waals surface area contributed by atoms with Crippen LogP contribution >= 0.6 is 0 Å². The summed E-state index contributed by atoms with van der Waals surface area (Å²) in [5, 5.41) is 7.98. The van der Waals surface area contributed by atoms with Crippen molar-refractivity contribution in [3.8, 4) is 0 Å². The predicted octanol–water partition coefficient (Wildman–Crippen LogP) is 2.60. The molecule has 1 aromatic heterocycles. The molecule has 0 aliphatic rings. The molecule has 1 rings (SSSR count). The van der Waals surface area contributed by atoms with Gasteiger partial charge in [-0.3, -0.25) is 4.68 Å². The van der Waals surface area contributed by atoms with Crippen molar-refractivity contribution in [1.82, 2.24) is 15.1 Å². The fourth-order valence-corrected chi connectivity index (χ4v) is 1.81. The molecule has 0 bridgehead atoms. The van der Waals surface area contributed by atoms with Crippen LogP contribution in [0.3, 0.4) is 0 Å². The molecule has 1 unspecified atom stereocenters. The molecule has 0 aliphatic heterocycles. The molecule has 0 aromatic carbocycles. The van der Waals surface area contributed by atoms with Crippen LogP contribution in [0.5, 0.6) is 0 Å². The SMILES string of the molecule is C=C(C)C(NCCC)c1cc(CC)nn1C. The summed E-state index contributed by atoms with van der Waals surface area (Å²) in [6, 6.07) is 2.39. The third-order valence-electron chi connectivity index (χ3n) is 2.72. The lowest BCUT2D eigenvalue weighted by Crippen LogP contribution is -2.24. The highest BCUT2D eigenvalue weighted by Gasteiger charge is 2.16. The van der Waals surface area contributed by atoms with E-state index in [0.29, 0.717) is 0 Å². The van der Waals surface area contributed by atoms with Crippen molar-refractivity contribution < 1.29 is 0 Å². The maximum absolute atomic E-state index is 4.48. The highest BCUT2D eigenvalue weighted by molar-refractivity contribution is 5.22. The smallest absolute Gasteiger partial charge is 0.0702 e. The average Bonchev–Trinajstić information content (AvgIpc) is 2.60. The first-order chi connectivity index (χ1) is 7.60. The van der Waals surface area contributed by atoms with Gasteiger partial charge in [-0.1, -0.05) is 26.0 Å². The number of hydrogen-bond acceptors (Lipinski definition) is 2. The van der Waals surface area contributed by atoms with Crippen LogP contribution in [0.25, 0.3) is 0 Å². The summed E-state index contributed by atoms with van der Waals surface area (Å²) >= 11 is 0. The lowest BCUT2D eigenvalue weighted by Gasteiger charge is -2.18. The van der Waals surface area contributed by atoms with Gasteiger partial charge in [-0.05, 0) is 32.4 Å². The molecule has 3 nitrogen and oxygen atoms in total. The average molecular weight is 221 g/mol. The van der Waals surface area contributed by atoms with E-state index >= 15 is 0 Å². The Labute approximate surface area is 98.5 Å². The van der Waals surface area contributed by atoms with Crippen LogP contribution < -0.4 is 5.32 Å². The van der Waals surface area contributed by atoms with Crippen molar-refractivity contribution >= 4 is 0 Å². The van der Waals surface area contributed by atoms with Gasteiger partial charge in [0.1, 0.15) is 0 Å². The number of aryl methyl sites for hydroxylation is 2. The number of aromatic nitrogens is 2. The third kappa shape index (κ3) is 2.95. The summed E-state index contributed by atoms with van der Waals surface area (Å²) in [5.74, 6) is 0. The van der Waals surface area contributed by atoms with Crippen molar-refractivity contribution in [2.24, 2.45) is 7.05 Å². The molecule has 90 valence electrons. The number of hydrogen-bond donors (Lipinski definition) is 1. The summed E-state index contributed by atoms with van der Waals surface area (Å²) in [5.41, 5.74) is 3.49. The molecule has 0 radical (unpaired) electrons. The molecule has 0 aliphatic carbocycles. The molecule has 1 aromatic rings. The minimum Gasteiger partial charge on any atom is -0.305 e. The predicted molar refractivity (Wildman–Crippen MR) is 68.4 cm³/mol. The lowest BCUT2D eigenvalue weighted by atomic mass is 10.1. The Morgan fingerprint density at radius 1 is 1.56 bits per heavy atom. The largest absolute Gasteiger partial charge is 0.305 e. The summed E-state index contributed by atoms with van der Waals surface area (Å²) < 4.78 is 1.96. The number of nitrogens with zero attached hydrogens (tertiary/aromatic N) is 2. The lowest BCUT2D eigenvalue weighted by molar-refractivity contribution is 0.546. The van der Waals surface area contributed by atoms with Gasteiger partial charge < -0.3 is 5.32 Å².